The summed E-state index contributed by atoms with van der Waals surface area (Å²) in [6.45, 7) is 3.59. The van der Waals surface area contributed by atoms with Crippen LogP contribution in [-0.4, -0.2) is 17.0 Å². The average molecular weight is 268 g/mol. The van der Waals surface area contributed by atoms with E-state index in [-0.39, 0.29) is 0 Å². The van der Waals surface area contributed by atoms with E-state index < -0.39 is 6.10 Å². The number of ether oxygens (including phenoxy) is 1. The summed E-state index contributed by atoms with van der Waals surface area (Å²) >= 11 is 0. The Balaban J connectivity index is 2.65. The monoisotopic (exact) mass is 268 g/mol. The molecule has 0 fully saturated rings. The quantitative estimate of drug-likeness (QED) is 0.522. The topological polar surface area (TPSA) is 65.6 Å². The molecule has 0 saturated carbocycles. The zero-order chi connectivity index (χ0) is 14.5. The van der Waals surface area contributed by atoms with Crippen molar-refractivity contribution in [2.75, 3.05) is 0 Å². The summed E-state index contributed by atoms with van der Waals surface area (Å²) < 4.78 is 5.83. The number of rotatable bonds is 4. The van der Waals surface area contributed by atoms with Crippen molar-refractivity contribution in [2.45, 2.75) is 26.4 Å². The van der Waals surface area contributed by atoms with Gasteiger partial charge in [0.2, 0.25) is 0 Å². The van der Waals surface area contributed by atoms with Crippen LogP contribution in [0, 0.1) is 11.3 Å². The van der Waals surface area contributed by atoms with Crippen molar-refractivity contribution in [3.63, 3.8) is 0 Å². The highest BCUT2D eigenvalue weighted by Gasteiger charge is 2.15. The first-order valence-electron chi connectivity index (χ1n) is 6.48. The molecule has 0 spiro atoms. The van der Waals surface area contributed by atoms with Crippen molar-refractivity contribution in [1.29, 1.82) is 5.26 Å². The van der Waals surface area contributed by atoms with Gasteiger partial charge in [0.05, 0.1) is 5.71 Å². The van der Waals surface area contributed by atoms with Crippen LogP contribution < -0.4 is 4.74 Å². The maximum atomic E-state index is 9.09. The fourth-order valence-electron chi connectivity index (χ4n) is 2.05. The van der Waals surface area contributed by atoms with Crippen LogP contribution in [0.5, 0.6) is 5.75 Å². The minimum Gasteiger partial charge on any atom is -0.474 e. The standard InChI is InChI=1S/C16H16N2O2/c1-3-13(10-17)20-16-14(11(2)18-19)9-8-12-6-4-5-7-15(12)16/h4-9,13,19H,3H2,1-2H3. The Bertz CT molecular complexity index is 686. The lowest BCUT2D eigenvalue weighted by Gasteiger charge is -2.16. The van der Waals surface area contributed by atoms with Gasteiger partial charge in [-0.1, -0.05) is 42.4 Å². The summed E-state index contributed by atoms with van der Waals surface area (Å²) in [6.07, 6.45) is 0.0696. The molecule has 0 saturated heterocycles. The molecule has 1 N–H and O–H groups in total. The Kier molecular flexibility index (Phi) is 4.21. The second-order valence-corrected chi connectivity index (χ2v) is 4.49. The van der Waals surface area contributed by atoms with E-state index in [9.17, 15) is 0 Å². The Labute approximate surface area is 117 Å². The molecule has 2 aromatic carbocycles. The van der Waals surface area contributed by atoms with Gasteiger partial charge in [0.15, 0.2) is 6.10 Å². The van der Waals surface area contributed by atoms with E-state index >= 15 is 0 Å². The summed E-state index contributed by atoms with van der Waals surface area (Å²) in [7, 11) is 0. The number of nitrogens with zero attached hydrogens (tertiary/aromatic N) is 2. The van der Waals surface area contributed by atoms with Gasteiger partial charge in [0.25, 0.3) is 0 Å². The van der Waals surface area contributed by atoms with Crippen molar-refractivity contribution >= 4 is 16.5 Å². The minimum atomic E-state index is -0.522. The van der Waals surface area contributed by atoms with Crippen LogP contribution in [0.3, 0.4) is 0 Å². The molecule has 2 rings (SSSR count). The van der Waals surface area contributed by atoms with Crippen LogP contribution in [0.15, 0.2) is 41.6 Å². The van der Waals surface area contributed by atoms with Gasteiger partial charge in [0, 0.05) is 10.9 Å². The van der Waals surface area contributed by atoms with Gasteiger partial charge in [0.1, 0.15) is 11.8 Å². The summed E-state index contributed by atoms with van der Waals surface area (Å²) in [6, 6.07) is 13.7. The van der Waals surface area contributed by atoms with Crippen molar-refractivity contribution in [3.05, 3.63) is 42.0 Å². The molecule has 4 heteroatoms. The van der Waals surface area contributed by atoms with Crippen molar-refractivity contribution in [1.82, 2.24) is 0 Å². The van der Waals surface area contributed by atoms with Crippen molar-refractivity contribution in [2.24, 2.45) is 5.16 Å². The molecule has 20 heavy (non-hydrogen) atoms. The number of hydrogen-bond acceptors (Lipinski definition) is 4. The highest BCUT2D eigenvalue weighted by Crippen LogP contribution is 2.31. The largest absolute Gasteiger partial charge is 0.474 e. The number of oxime groups is 1. The highest BCUT2D eigenvalue weighted by molar-refractivity contribution is 6.06. The van der Waals surface area contributed by atoms with Gasteiger partial charge in [-0.15, -0.1) is 0 Å². The zero-order valence-corrected chi connectivity index (χ0v) is 11.5. The SMILES string of the molecule is CCC(C#N)Oc1c(C(C)=NO)ccc2ccccc12. The highest BCUT2D eigenvalue weighted by atomic mass is 16.5. The summed E-state index contributed by atoms with van der Waals surface area (Å²) in [5.74, 6) is 0.590. The molecule has 0 heterocycles. The zero-order valence-electron chi connectivity index (χ0n) is 11.5. The Hall–Kier alpha value is -2.54. The van der Waals surface area contributed by atoms with Gasteiger partial charge in [-0.25, -0.2) is 0 Å². The molecule has 0 aliphatic carbocycles. The first kappa shape index (κ1) is 13.9. The van der Waals surface area contributed by atoms with E-state index in [1.807, 2.05) is 43.3 Å². The maximum Gasteiger partial charge on any atom is 0.184 e. The number of benzene rings is 2. The molecular weight excluding hydrogens is 252 g/mol. The molecule has 0 aliphatic heterocycles. The predicted octanol–water partition coefficient (Wildman–Crippen LogP) is 3.72. The van der Waals surface area contributed by atoms with Crippen LogP contribution in [0.25, 0.3) is 10.8 Å². The molecule has 1 unspecified atom stereocenters. The molecule has 0 bridgehead atoms. The van der Waals surface area contributed by atoms with E-state index in [0.717, 1.165) is 10.8 Å². The van der Waals surface area contributed by atoms with Crippen LogP contribution in [0.2, 0.25) is 0 Å². The molecular formula is C16H16N2O2. The van der Waals surface area contributed by atoms with Gasteiger partial charge in [-0.05, 0) is 24.8 Å². The van der Waals surface area contributed by atoms with Crippen molar-refractivity contribution in [3.8, 4) is 11.8 Å². The van der Waals surface area contributed by atoms with Gasteiger partial charge in [-0.2, -0.15) is 5.26 Å². The Morgan fingerprint density at radius 3 is 2.75 bits per heavy atom. The first-order chi connectivity index (χ1) is 9.71. The van der Waals surface area contributed by atoms with Crippen LogP contribution in [-0.2, 0) is 0 Å². The third-order valence-corrected chi connectivity index (χ3v) is 3.19. The number of hydrogen-bond donors (Lipinski definition) is 1. The van der Waals surface area contributed by atoms with Crippen molar-refractivity contribution < 1.29 is 9.94 Å². The van der Waals surface area contributed by atoms with E-state index in [0.29, 0.717) is 23.4 Å². The summed E-state index contributed by atoms with van der Waals surface area (Å²) in [5, 5.41) is 23.3. The third-order valence-electron chi connectivity index (χ3n) is 3.19. The lowest BCUT2D eigenvalue weighted by atomic mass is 10.0. The molecule has 4 nitrogen and oxygen atoms in total. The van der Waals surface area contributed by atoms with E-state index in [2.05, 4.69) is 11.2 Å². The van der Waals surface area contributed by atoms with E-state index in [4.69, 9.17) is 15.2 Å². The van der Waals surface area contributed by atoms with Gasteiger partial charge in [-0.3, -0.25) is 0 Å². The lowest BCUT2D eigenvalue weighted by Crippen LogP contribution is -2.14. The van der Waals surface area contributed by atoms with Crippen LogP contribution in [0.4, 0.5) is 0 Å². The average Bonchev–Trinajstić information content (AvgIpc) is 2.51. The fourth-order valence-corrected chi connectivity index (χ4v) is 2.05. The first-order valence-corrected chi connectivity index (χ1v) is 6.48. The maximum absolute atomic E-state index is 9.09. The minimum absolute atomic E-state index is 0.457. The third kappa shape index (κ3) is 2.57. The Morgan fingerprint density at radius 2 is 2.10 bits per heavy atom. The summed E-state index contributed by atoms with van der Waals surface area (Å²) in [4.78, 5) is 0. The smallest absolute Gasteiger partial charge is 0.184 e. The molecule has 2 aromatic rings. The van der Waals surface area contributed by atoms with Crippen LogP contribution >= 0.6 is 0 Å². The fraction of sp³-hybridized carbons (Fsp3) is 0.250. The molecule has 0 aromatic heterocycles. The lowest BCUT2D eigenvalue weighted by molar-refractivity contribution is 0.254. The van der Waals surface area contributed by atoms with E-state index in [1.165, 1.54) is 0 Å². The molecule has 102 valence electrons. The van der Waals surface area contributed by atoms with Gasteiger partial charge < -0.3 is 9.94 Å². The molecule has 0 radical (unpaired) electrons. The number of fused-ring (bicyclic) bond motifs is 1. The van der Waals surface area contributed by atoms with E-state index in [1.54, 1.807) is 6.92 Å². The van der Waals surface area contributed by atoms with Gasteiger partial charge >= 0.3 is 0 Å². The summed E-state index contributed by atoms with van der Waals surface area (Å²) in [5.41, 5.74) is 1.15. The predicted molar refractivity (Wildman–Crippen MR) is 78.3 cm³/mol. The number of nitriles is 1. The molecule has 1 atom stereocenters. The Morgan fingerprint density at radius 1 is 1.35 bits per heavy atom. The normalized spacial score (nSPS) is 12.9. The molecule has 0 amide bonds. The van der Waals surface area contributed by atoms with Crippen LogP contribution in [0.1, 0.15) is 25.8 Å². The second kappa shape index (κ2) is 6.07. The second-order valence-electron chi connectivity index (χ2n) is 4.49. The molecule has 0 aliphatic rings.